The van der Waals surface area contributed by atoms with Gasteiger partial charge in [-0.2, -0.15) is 0 Å². The Hall–Kier alpha value is -2.27. The maximum Gasteiger partial charge on any atom is 0.227 e. The second-order valence-corrected chi connectivity index (χ2v) is 6.57. The summed E-state index contributed by atoms with van der Waals surface area (Å²) in [5.41, 5.74) is 2.19. The maximum absolute atomic E-state index is 13.9. The Morgan fingerprint density at radius 1 is 1.17 bits per heavy atom. The van der Waals surface area contributed by atoms with Gasteiger partial charge in [-0.05, 0) is 29.8 Å². The van der Waals surface area contributed by atoms with E-state index in [4.69, 9.17) is 0 Å². The van der Waals surface area contributed by atoms with Gasteiger partial charge < -0.3 is 4.90 Å². The summed E-state index contributed by atoms with van der Waals surface area (Å²) in [5, 5.41) is 1.00. The zero-order valence-electron chi connectivity index (χ0n) is 13.2. The topological polar surface area (TPSA) is 33.2 Å². The predicted molar refractivity (Wildman–Crippen MR) is 96.0 cm³/mol. The molecule has 0 fully saturated rings. The molecule has 0 radical (unpaired) electrons. The fraction of sp³-hybridized carbons (Fsp3) is 0.158. The monoisotopic (exact) mass is 386 g/mol. The van der Waals surface area contributed by atoms with Gasteiger partial charge in [0, 0.05) is 35.2 Å². The van der Waals surface area contributed by atoms with Crippen molar-refractivity contribution in [3.63, 3.8) is 0 Å². The molecule has 2 aromatic carbocycles. The molecule has 1 amide bonds. The summed E-state index contributed by atoms with van der Waals surface area (Å²) >= 11 is 3.33. The number of amides is 1. The number of aromatic nitrogens is 1. The molecule has 0 spiro atoms. The number of halogens is 2. The van der Waals surface area contributed by atoms with Crippen LogP contribution in [0.25, 0.3) is 10.9 Å². The summed E-state index contributed by atoms with van der Waals surface area (Å²) < 4.78 is 14.6. The lowest BCUT2D eigenvalue weighted by Crippen LogP contribution is -2.28. The minimum atomic E-state index is -0.315. The van der Waals surface area contributed by atoms with Crippen molar-refractivity contribution in [2.45, 2.75) is 13.0 Å². The molecule has 122 valence electrons. The quantitative estimate of drug-likeness (QED) is 0.668. The van der Waals surface area contributed by atoms with Gasteiger partial charge in [0.2, 0.25) is 5.91 Å². The molecule has 0 saturated heterocycles. The number of hydrogen-bond acceptors (Lipinski definition) is 2. The summed E-state index contributed by atoms with van der Waals surface area (Å²) in [5.74, 6) is -0.391. The predicted octanol–water partition coefficient (Wildman–Crippen LogP) is 4.34. The van der Waals surface area contributed by atoms with Crippen molar-refractivity contribution < 1.29 is 9.18 Å². The third-order valence-electron chi connectivity index (χ3n) is 3.90. The summed E-state index contributed by atoms with van der Waals surface area (Å²) in [6.45, 7) is 0.225. The van der Waals surface area contributed by atoms with Gasteiger partial charge >= 0.3 is 0 Å². The van der Waals surface area contributed by atoms with E-state index < -0.39 is 0 Å². The molecule has 5 heteroatoms. The lowest BCUT2D eigenvalue weighted by molar-refractivity contribution is -0.129. The Kier molecular flexibility index (Phi) is 4.90. The van der Waals surface area contributed by atoms with Gasteiger partial charge in [-0.1, -0.05) is 40.2 Å². The van der Waals surface area contributed by atoms with Gasteiger partial charge in [0.25, 0.3) is 0 Å². The highest BCUT2D eigenvalue weighted by atomic mass is 79.9. The molecule has 0 bridgehead atoms. The molecule has 1 aromatic heterocycles. The largest absolute Gasteiger partial charge is 0.341 e. The normalized spacial score (nSPS) is 10.8. The van der Waals surface area contributed by atoms with E-state index in [-0.39, 0.29) is 24.7 Å². The van der Waals surface area contributed by atoms with Crippen LogP contribution in [0.15, 0.2) is 59.2 Å². The lowest BCUT2D eigenvalue weighted by atomic mass is 10.1. The van der Waals surface area contributed by atoms with Crippen molar-refractivity contribution >= 4 is 32.7 Å². The van der Waals surface area contributed by atoms with Crippen molar-refractivity contribution in [3.05, 3.63) is 76.1 Å². The van der Waals surface area contributed by atoms with Crippen LogP contribution in [0, 0.1) is 5.82 Å². The van der Waals surface area contributed by atoms with Crippen molar-refractivity contribution in [1.82, 2.24) is 9.88 Å². The van der Waals surface area contributed by atoms with Gasteiger partial charge in [0.1, 0.15) is 5.82 Å². The molecule has 3 aromatic rings. The molecule has 0 aliphatic carbocycles. The molecule has 0 aliphatic rings. The number of hydrogen-bond donors (Lipinski definition) is 0. The molecule has 3 nitrogen and oxygen atoms in total. The highest BCUT2D eigenvalue weighted by Gasteiger charge is 2.14. The first-order valence-corrected chi connectivity index (χ1v) is 8.34. The van der Waals surface area contributed by atoms with Gasteiger partial charge in [-0.3, -0.25) is 9.78 Å². The van der Waals surface area contributed by atoms with Crippen molar-refractivity contribution in [1.29, 1.82) is 0 Å². The smallest absolute Gasteiger partial charge is 0.227 e. The number of nitrogens with zero attached hydrogens (tertiary/aromatic N) is 2. The molecular weight excluding hydrogens is 371 g/mol. The first-order chi connectivity index (χ1) is 11.5. The van der Waals surface area contributed by atoms with Gasteiger partial charge in [-0.25, -0.2) is 4.39 Å². The van der Waals surface area contributed by atoms with Crippen LogP contribution >= 0.6 is 15.9 Å². The van der Waals surface area contributed by atoms with Crippen LogP contribution in [-0.4, -0.2) is 22.8 Å². The Morgan fingerprint density at radius 2 is 1.96 bits per heavy atom. The number of para-hydroxylation sites is 1. The Morgan fingerprint density at radius 3 is 2.79 bits per heavy atom. The number of carbonyl (C=O) groups excluding carboxylic acids is 1. The molecule has 3 rings (SSSR count). The third-order valence-corrected chi connectivity index (χ3v) is 4.39. The van der Waals surface area contributed by atoms with Crippen LogP contribution in [0.4, 0.5) is 4.39 Å². The number of likely N-dealkylation sites (N-methyl/N-ethyl adjacent to an activating group) is 1. The first kappa shape index (κ1) is 16.6. The molecule has 1 heterocycles. The molecule has 0 N–H and O–H groups in total. The first-order valence-electron chi connectivity index (χ1n) is 7.55. The van der Waals surface area contributed by atoms with Crippen LogP contribution in [0.3, 0.4) is 0 Å². The van der Waals surface area contributed by atoms with Gasteiger partial charge in [-0.15, -0.1) is 0 Å². The van der Waals surface area contributed by atoms with Crippen LogP contribution in [0.1, 0.15) is 11.1 Å². The zero-order valence-corrected chi connectivity index (χ0v) is 14.8. The Labute approximate surface area is 148 Å². The third kappa shape index (κ3) is 3.62. The molecule has 0 unspecified atom stereocenters. The lowest BCUT2D eigenvalue weighted by Gasteiger charge is -2.18. The molecule has 24 heavy (non-hydrogen) atoms. The average Bonchev–Trinajstić information content (AvgIpc) is 2.58. The number of benzene rings is 2. The zero-order chi connectivity index (χ0) is 17.1. The van der Waals surface area contributed by atoms with Crippen LogP contribution in [-0.2, 0) is 17.8 Å². The van der Waals surface area contributed by atoms with Gasteiger partial charge in [0.15, 0.2) is 0 Å². The highest BCUT2D eigenvalue weighted by molar-refractivity contribution is 9.10. The molecular formula is C19H16BrFN2O. The van der Waals surface area contributed by atoms with Crippen LogP contribution in [0.2, 0.25) is 0 Å². The fourth-order valence-electron chi connectivity index (χ4n) is 2.62. The maximum atomic E-state index is 13.9. The minimum Gasteiger partial charge on any atom is -0.341 e. The molecule has 0 saturated carbocycles. The van der Waals surface area contributed by atoms with E-state index >= 15 is 0 Å². The number of rotatable bonds is 4. The number of pyridine rings is 1. The van der Waals surface area contributed by atoms with Crippen molar-refractivity contribution in [2.75, 3.05) is 7.05 Å². The van der Waals surface area contributed by atoms with E-state index in [1.165, 1.54) is 11.0 Å². The van der Waals surface area contributed by atoms with Crippen molar-refractivity contribution in [2.24, 2.45) is 0 Å². The van der Waals surface area contributed by atoms with E-state index in [0.29, 0.717) is 5.56 Å². The second kappa shape index (κ2) is 7.09. The Balaban J connectivity index is 1.77. The minimum absolute atomic E-state index is 0.0764. The summed E-state index contributed by atoms with van der Waals surface area (Å²) in [7, 11) is 1.68. The average molecular weight is 387 g/mol. The van der Waals surface area contributed by atoms with E-state index in [2.05, 4.69) is 20.9 Å². The van der Waals surface area contributed by atoms with E-state index in [9.17, 15) is 9.18 Å². The number of fused-ring (bicyclic) bond motifs is 1. The Bertz CT molecular complexity index is 892. The van der Waals surface area contributed by atoms with Crippen LogP contribution in [0.5, 0.6) is 0 Å². The standard InChI is InChI=1S/C19H16BrFN2O/c1-23(12-15-10-16(20)7-8-17(15)21)18(24)11-14-5-2-4-13-6-3-9-22-19(13)14/h2-10H,11-12H2,1H3. The van der Waals surface area contributed by atoms with E-state index in [1.54, 1.807) is 25.4 Å². The number of carbonyl (C=O) groups is 1. The van der Waals surface area contributed by atoms with Crippen molar-refractivity contribution in [3.8, 4) is 0 Å². The fourth-order valence-corrected chi connectivity index (χ4v) is 3.02. The van der Waals surface area contributed by atoms with Gasteiger partial charge in [0.05, 0.1) is 11.9 Å². The molecule has 0 aliphatic heterocycles. The SMILES string of the molecule is CN(Cc1cc(Br)ccc1F)C(=O)Cc1cccc2cccnc12. The van der Waals surface area contributed by atoms with E-state index in [0.717, 1.165) is 20.9 Å². The summed E-state index contributed by atoms with van der Waals surface area (Å²) in [6, 6.07) is 14.4. The second-order valence-electron chi connectivity index (χ2n) is 5.65. The molecule has 0 atom stereocenters. The van der Waals surface area contributed by atoms with Crippen LogP contribution < -0.4 is 0 Å². The summed E-state index contributed by atoms with van der Waals surface area (Å²) in [4.78, 5) is 18.4. The highest BCUT2D eigenvalue weighted by Crippen LogP contribution is 2.19. The van der Waals surface area contributed by atoms with E-state index in [1.807, 2.05) is 30.3 Å². The summed E-state index contributed by atoms with van der Waals surface area (Å²) in [6.07, 6.45) is 1.96.